The first-order chi connectivity index (χ1) is 7.69. The highest BCUT2D eigenvalue weighted by Crippen LogP contribution is 2.20. The van der Waals surface area contributed by atoms with Crippen LogP contribution in [0.15, 0.2) is 18.2 Å². The molecule has 0 spiro atoms. The molecule has 2 nitrogen and oxygen atoms in total. The van der Waals surface area contributed by atoms with Crippen LogP contribution < -0.4 is 4.74 Å². The van der Waals surface area contributed by atoms with E-state index in [4.69, 9.17) is 4.74 Å². The number of rotatable bonds is 6. The standard InChI is InChI=1S/C13H17FO2/c1-3-5-10(2)9-16-13-7-4-6-12(14)11(13)8-15/h4,6-8,10H,3,5,9H2,1-2H3. The third-order valence-electron chi connectivity index (χ3n) is 2.44. The summed E-state index contributed by atoms with van der Waals surface area (Å²) >= 11 is 0. The van der Waals surface area contributed by atoms with Crippen molar-refractivity contribution in [1.29, 1.82) is 0 Å². The molecule has 0 saturated heterocycles. The van der Waals surface area contributed by atoms with Crippen molar-refractivity contribution < 1.29 is 13.9 Å². The molecule has 0 aliphatic heterocycles. The lowest BCUT2D eigenvalue weighted by Gasteiger charge is -2.13. The molecule has 3 heteroatoms. The van der Waals surface area contributed by atoms with Gasteiger partial charge in [-0.3, -0.25) is 4.79 Å². The van der Waals surface area contributed by atoms with Gasteiger partial charge in [-0.1, -0.05) is 26.3 Å². The number of hydrogen-bond acceptors (Lipinski definition) is 2. The fourth-order valence-corrected chi connectivity index (χ4v) is 1.57. The summed E-state index contributed by atoms with van der Waals surface area (Å²) in [6.45, 7) is 4.69. The average molecular weight is 224 g/mol. The van der Waals surface area contributed by atoms with Crippen molar-refractivity contribution in [3.8, 4) is 5.75 Å². The maximum atomic E-state index is 13.2. The number of aldehydes is 1. The van der Waals surface area contributed by atoms with Crippen molar-refractivity contribution >= 4 is 6.29 Å². The molecule has 0 heterocycles. The second-order valence-corrected chi connectivity index (χ2v) is 3.97. The molecule has 88 valence electrons. The van der Waals surface area contributed by atoms with Crippen molar-refractivity contribution in [3.05, 3.63) is 29.6 Å². The van der Waals surface area contributed by atoms with Crippen molar-refractivity contribution in [2.75, 3.05) is 6.61 Å². The Kier molecular flexibility index (Phi) is 4.96. The summed E-state index contributed by atoms with van der Waals surface area (Å²) in [5, 5.41) is 0. The molecule has 1 aromatic carbocycles. The van der Waals surface area contributed by atoms with Gasteiger partial charge in [0, 0.05) is 0 Å². The molecular weight excluding hydrogens is 207 g/mol. The number of halogens is 1. The molecular formula is C13H17FO2. The topological polar surface area (TPSA) is 26.3 Å². The second kappa shape index (κ2) is 6.26. The summed E-state index contributed by atoms with van der Waals surface area (Å²) in [7, 11) is 0. The summed E-state index contributed by atoms with van der Waals surface area (Å²) in [6, 6.07) is 4.42. The van der Waals surface area contributed by atoms with E-state index < -0.39 is 5.82 Å². The largest absolute Gasteiger partial charge is 0.492 e. The van der Waals surface area contributed by atoms with Gasteiger partial charge in [-0.25, -0.2) is 4.39 Å². The van der Waals surface area contributed by atoms with Gasteiger partial charge in [0.1, 0.15) is 11.6 Å². The molecule has 1 unspecified atom stereocenters. The lowest BCUT2D eigenvalue weighted by atomic mass is 10.1. The highest BCUT2D eigenvalue weighted by Gasteiger charge is 2.09. The van der Waals surface area contributed by atoms with Gasteiger partial charge in [0.2, 0.25) is 0 Å². The maximum absolute atomic E-state index is 13.2. The van der Waals surface area contributed by atoms with E-state index in [2.05, 4.69) is 13.8 Å². The minimum Gasteiger partial charge on any atom is -0.492 e. The van der Waals surface area contributed by atoms with Crippen molar-refractivity contribution in [1.82, 2.24) is 0 Å². The first kappa shape index (κ1) is 12.7. The number of benzene rings is 1. The van der Waals surface area contributed by atoms with Crippen LogP contribution >= 0.6 is 0 Å². The van der Waals surface area contributed by atoms with Crippen molar-refractivity contribution in [2.45, 2.75) is 26.7 Å². The molecule has 16 heavy (non-hydrogen) atoms. The highest BCUT2D eigenvalue weighted by molar-refractivity contribution is 5.79. The molecule has 0 saturated carbocycles. The molecule has 1 atom stereocenters. The first-order valence-corrected chi connectivity index (χ1v) is 5.55. The van der Waals surface area contributed by atoms with E-state index in [1.165, 1.54) is 6.07 Å². The summed E-state index contributed by atoms with van der Waals surface area (Å²) in [5.74, 6) is 0.210. The van der Waals surface area contributed by atoms with Crippen LogP contribution in [0, 0.1) is 11.7 Å². The molecule has 0 aliphatic carbocycles. The van der Waals surface area contributed by atoms with Gasteiger partial charge in [-0.15, -0.1) is 0 Å². The van der Waals surface area contributed by atoms with Crippen LogP contribution in [-0.4, -0.2) is 12.9 Å². The maximum Gasteiger partial charge on any atom is 0.156 e. The smallest absolute Gasteiger partial charge is 0.156 e. The van der Waals surface area contributed by atoms with Gasteiger partial charge < -0.3 is 4.74 Å². The normalized spacial score (nSPS) is 12.2. The van der Waals surface area contributed by atoms with Crippen molar-refractivity contribution in [2.24, 2.45) is 5.92 Å². The van der Waals surface area contributed by atoms with Gasteiger partial charge in [-0.2, -0.15) is 0 Å². The van der Waals surface area contributed by atoms with E-state index in [-0.39, 0.29) is 5.56 Å². The Hall–Kier alpha value is -1.38. The first-order valence-electron chi connectivity index (χ1n) is 5.55. The van der Waals surface area contributed by atoms with Gasteiger partial charge in [0.15, 0.2) is 6.29 Å². The van der Waals surface area contributed by atoms with Gasteiger partial charge >= 0.3 is 0 Å². The van der Waals surface area contributed by atoms with Gasteiger partial charge in [0.05, 0.1) is 12.2 Å². The Morgan fingerprint density at radius 1 is 1.50 bits per heavy atom. The summed E-state index contributed by atoms with van der Waals surface area (Å²) in [4.78, 5) is 10.7. The van der Waals surface area contributed by atoms with Crippen LogP contribution in [0.1, 0.15) is 37.0 Å². The summed E-state index contributed by atoms with van der Waals surface area (Å²) in [6.07, 6.45) is 2.65. The third kappa shape index (κ3) is 3.33. The van der Waals surface area contributed by atoms with Crippen LogP contribution in [0.2, 0.25) is 0 Å². The lowest BCUT2D eigenvalue weighted by molar-refractivity contribution is 0.111. The summed E-state index contributed by atoms with van der Waals surface area (Å²) < 4.78 is 18.7. The predicted molar refractivity (Wildman–Crippen MR) is 61.4 cm³/mol. The van der Waals surface area contributed by atoms with E-state index in [0.717, 1.165) is 12.8 Å². The van der Waals surface area contributed by atoms with E-state index in [1.54, 1.807) is 12.1 Å². The molecule has 0 amide bonds. The zero-order chi connectivity index (χ0) is 12.0. The zero-order valence-electron chi connectivity index (χ0n) is 9.70. The van der Waals surface area contributed by atoms with E-state index in [1.807, 2.05) is 0 Å². The Labute approximate surface area is 95.4 Å². The Morgan fingerprint density at radius 3 is 2.88 bits per heavy atom. The van der Waals surface area contributed by atoms with Crippen LogP contribution in [-0.2, 0) is 0 Å². The lowest BCUT2D eigenvalue weighted by Crippen LogP contribution is -2.09. The molecule has 0 aromatic heterocycles. The fourth-order valence-electron chi connectivity index (χ4n) is 1.57. The monoisotopic (exact) mass is 224 g/mol. The van der Waals surface area contributed by atoms with Crippen LogP contribution in [0.5, 0.6) is 5.75 Å². The number of carbonyl (C=O) groups excluding carboxylic acids is 1. The minimum absolute atomic E-state index is 0.00574. The van der Waals surface area contributed by atoms with Crippen LogP contribution in [0.3, 0.4) is 0 Å². The summed E-state index contributed by atoms with van der Waals surface area (Å²) in [5.41, 5.74) is 0.00574. The number of hydrogen-bond donors (Lipinski definition) is 0. The van der Waals surface area contributed by atoms with Crippen molar-refractivity contribution in [3.63, 3.8) is 0 Å². The molecule has 0 radical (unpaired) electrons. The second-order valence-electron chi connectivity index (χ2n) is 3.97. The Balaban J connectivity index is 2.66. The third-order valence-corrected chi connectivity index (χ3v) is 2.44. The van der Waals surface area contributed by atoms with Crippen LogP contribution in [0.4, 0.5) is 4.39 Å². The van der Waals surface area contributed by atoms with E-state index in [0.29, 0.717) is 24.6 Å². The number of ether oxygens (including phenoxy) is 1. The molecule has 1 rings (SSSR count). The molecule has 1 aromatic rings. The predicted octanol–water partition coefficient (Wildman–Crippen LogP) is 3.45. The Bertz CT molecular complexity index is 350. The number of carbonyl (C=O) groups is 1. The van der Waals surface area contributed by atoms with Gasteiger partial charge in [0.25, 0.3) is 0 Å². The SMILES string of the molecule is CCCC(C)COc1cccc(F)c1C=O. The molecule has 0 fully saturated rings. The minimum atomic E-state index is -0.532. The average Bonchev–Trinajstić information content (AvgIpc) is 2.27. The van der Waals surface area contributed by atoms with Gasteiger partial charge in [-0.05, 0) is 24.5 Å². The fraction of sp³-hybridized carbons (Fsp3) is 0.462. The molecule has 0 bridgehead atoms. The zero-order valence-corrected chi connectivity index (χ0v) is 9.70. The van der Waals surface area contributed by atoms with Crippen LogP contribution in [0.25, 0.3) is 0 Å². The molecule has 0 aliphatic rings. The highest BCUT2D eigenvalue weighted by atomic mass is 19.1. The quantitative estimate of drug-likeness (QED) is 0.692. The van der Waals surface area contributed by atoms with E-state index >= 15 is 0 Å². The Morgan fingerprint density at radius 2 is 2.25 bits per heavy atom. The van der Waals surface area contributed by atoms with E-state index in [9.17, 15) is 9.18 Å². The molecule has 0 N–H and O–H groups in total.